The summed E-state index contributed by atoms with van der Waals surface area (Å²) in [6, 6.07) is 13.4. The molecule has 36 heavy (non-hydrogen) atoms. The number of rotatable bonds is 9. The molecule has 0 spiro atoms. The summed E-state index contributed by atoms with van der Waals surface area (Å²) in [6.45, 7) is 11.6. The van der Waals surface area contributed by atoms with Crippen LogP contribution in [0.4, 0.5) is 0 Å². The van der Waals surface area contributed by atoms with E-state index in [1.807, 2.05) is 43.3 Å². The van der Waals surface area contributed by atoms with Gasteiger partial charge in [-0.1, -0.05) is 6.92 Å². The fraction of sp³-hybridized carbons (Fsp3) is 0.357. The van der Waals surface area contributed by atoms with Crippen LogP contribution in [-0.2, 0) is 0 Å². The Labute approximate surface area is 211 Å². The van der Waals surface area contributed by atoms with Crippen LogP contribution in [0, 0.1) is 6.92 Å². The van der Waals surface area contributed by atoms with Crippen molar-refractivity contribution in [3.05, 3.63) is 66.7 Å². The third kappa shape index (κ3) is 5.78. The molecule has 1 saturated heterocycles. The molecule has 0 radical (unpaired) electrons. The molecule has 0 atom stereocenters. The zero-order valence-electron chi connectivity index (χ0n) is 20.9. The van der Waals surface area contributed by atoms with Gasteiger partial charge in [0, 0.05) is 62.4 Å². The lowest BCUT2D eigenvalue weighted by molar-refractivity contribution is 0.130. The van der Waals surface area contributed by atoms with Gasteiger partial charge in [-0.3, -0.25) is 4.98 Å². The first kappa shape index (κ1) is 24.1. The Morgan fingerprint density at radius 3 is 2.47 bits per heavy atom. The minimum atomic E-state index is 0.523. The van der Waals surface area contributed by atoms with Crippen LogP contribution in [0.15, 0.2) is 61.1 Å². The van der Waals surface area contributed by atoms with E-state index in [4.69, 9.17) is 9.47 Å². The van der Waals surface area contributed by atoms with Crippen LogP contribution in [0.1, 0.15) is 19.0 Å². The molecule has 0 unspecified atom stereocenters. The van der Waals surface area contributed by atoms with Crippen LogP contribution in [0.2, 0.25) is 0 Å². The molecule has 3 aromatic heterocycles. The quantitative estimate of drug-likeness (QED) is 0.319. The van der Waals surface area contributed by atoms with Crippen molar-refractivity contribution in [2.75, 3.05) is 45.9 Å². The Kier molecular flexibility index (Phi) is 7.64. The molecular weight excluding hydrogens is 452 g/mol. The van der Waals surface area contributed by atoms with E-state index in [9.17, 15) is 0 Å². The highest BCUT2D eigenvalue weighted by Gasteiger charge is 2.16. The van der Waals surface area contributed by atoms with E-state index in [-0.39, 0.29) is 0 Å². The summed E-state index contributed by atoms with van der Waals surface area (Å²) in [7, 11) is 0. The average Bonchev–Trinajstić information content (AvgIpc) is 2.93. The lowest BCUT2D eigenvalue weighted by Crippen LogP contribution is -2.46. The average molecular weight is 485 g/mol. The van der Waals surface area contributed by atoms with E-state index in [1.165, 1.54) is 0 Å². The van der Waals surface area contributed by atoms with Gasteiger partial charge in [0.15, 0.2) is 17.3 Å². The van der Waals surface area contributed by atoms with Crippen molar-refractivity contribution in [2.24, 2.45) is 0 Å². The minimum absolute atomic E-state index is 0.523. The zero-order valence-corrected chi connectivity index (χ0v) is 20.9. The number of likely N-dealkylation sites (N-methyl/N-ethyl adjacent to an activating group) is 1. The Morgan fingerprint density at radius 2 is 1.67 bits per heavy atom. The standard InChI is InChI=1S/C28H32N6O2/c1-3-33-15-17-34(18-16-33)14-5-19-35-22-7-8-24-23(20-22)25(10-13-29-24)36-26-9-6-21(2)32-27(26)28-30-11-4-12-31-28/h4,6-13,20H,3,5,14-19H2,1-2H3. The Hall–Kier alpha value is -3.62. The molecule has 4 heterocycles. The zero-order chi connectivity index (χ0) is 24.7. The van der Waals surface area contributed by atoms with Crippen molar-refractivity contribution in [2.45, 2.75) is 20.3 Å². The number of fused-ring (bicyclic) bond motifs is 1. The number of hydrogen-bond acceptors (Lipinski definition) is 8. The van der Waals surface area contributed by atoms with Gasteiger partial charge in [0.1, 0.15) is 11.5 Å². The topological polar surface area (TPSA) is 76.5 Å². The van der Waals surface area contributed by atoms with E-state index in [0.717, 1.165) is 68.0 Å². The molecule has 1 aliphatic rings. The molecule has 5 rings (SSSR count). The van der Waals surface area contributed by atoms with Crippen LogP contribution in [-0.4, -0.2) is 75.6 Å². The monoisotopic (exact) mass is 484 g/mol. The highest BCUT2D eigenvalue weighted by Crippen LogP contribution is 2.35. The minimum Gasteiger partial charge on any atom is -0.494 e. The number of ether oxygens (including phenoxy) is 2. The number of hydrogen-bond donors (Lipinski definition) is 0. The van der Waals surface area contributed by atoms with Gasteiger partial charge in [0.05, 0.1) is 12.1 Å². The van der Waals surface area contributed by atoms with Crippen molar-refractivity contribution >= 4 is 10.9 Å². The number of benzene rings is 1. The maximum Gasteiger partial charge on any atom is 0.181 e. The summed E-state index contributed by atoms with van der Waals surface area (Å²) in [4.78, 5) is 22.9. The van der Waals surface area contributed by atoms with Crippen LogP contribution < -0.4 is 9.47 Å². The van der Waals surface area contributed by atoms with E-state index >= 15 is 0 Å². The van der Waals surface area contributed by atoms with Gasteiger partial charge in [0.2, 0.25) is 0 Å². The molecule has 0 bridgehead atoms. The van der Waals surface area contributed by atoms with Gasteiger partial charge in [0.25, 0.3) is 0 Å². The SMILES string of the molecule is CCN1CCN(CCCOc2ccc3nccc(Oc4ccc(C)nc4-c4ncccn4)c3c2)CC1. The molecule has 1 fully saturated rings. The predicted octanol–water partition coefficient (Wildman–Crippen LogP) is 4.59. The first-order valence-electron chi connectivity index (χ1n) is 12.6. The van der Waals surface area contributed by atoms with Crippen LogP contribution in [0.5, 0.6) is 17.2 Å². The van der Waals surface area contributed by atoms with Crippen molar-refractivity contribution < 1.29 is 9.47 Å². The lowest BCUT2D eigenvalue weighted by Gasteiger charge is -2.33. The van der Waals surface area contributed by atoms with Crippen LogP contribution >= 0.6 is 0 Å². The lowest BCUT2D eigenvalue weighted by atomic mass is 10.2. The Bertz CT molecular complexity index is 1290. The molecular formula is C28H32N6O2. The molecule has 0 saturated carbocycles. The molecule has 0 N–H and O–H groups in total. The predicted molar refractivity (Wildman–Crippen MR) is 140 cm³/mol. The molecule has 0 amide bonds. The molecule has 186 valence electrons. The second-order valence-electron chi connectivity index (χ2n) is 8.94. The molecule has 4 aromatic rings. The first-order chi connectivity index (χ1) is 17.7. The Balaban J connectivity index is 1.28. The summed E-state index contributed by atoms with van der Waals surface area (Å²) in [5.74, 6) is 2.61. The molecule has 8 heteroatoms. The summed E-state index contributed by atoms with van der Waals surface area (Å²) in [5.41, 5.74) is 2.31. The van der Waals surface area contributed by atoms with Crippen molar-refractivity contribution in [1.29, 1.82) is 0 Å². The molecule has 0 aliphatic carbocycles. The Morgan fingerprint density at radius 1 is 0.861 bits per heavy atom. The van der Waals surface area contributed by atoms with Gasteiger partial charge in [-0.15, -0.1) is 0 Å². The highest BCUT2D eigenvalue weighted by molar-refractivity contribution is 5.86. The largest absolute Gasteiger partial charge is 0.494 e. The van der Waals surface area contributed by atoms with Gasteiger partial charge in [-0.2, -0.15) is 0 Å². The van der Waals surface area contributed by atoms with Crippen molar-refractivity contribution in [1.82, 2.24) is 29.7 Å². The van der Waals surface area contributed by atoms with Gasteiger partial charge in [-0.25, -0.2) is 15.0 Å². The second kappa shape index (κ2) is 11.4. The van der Waals surface area contributed by atoms with E-state index < -0.39 is 0 Å². The maximum absolute atomic E-state index is 6.36. The summed E-state index contributed by atoms with van der Waals surface area (Å²) in [5, 5.41) is 0.881. The smallest absolute Gasteiger partial charge is 0.181 e. The molecule has 8 nitrogen and oxygen atoms in total. The fourth-order valence-corrected chi connectivity index (χ4v) is 4.41. The van der Waals surface area contributed by atoms with E-state index in [0.29, 0.717) is 29.6 Å². The normalized spacial score (nSPS) is 14.7. The number of aromatic nitrogens is 4. The van der Waals surface area contributed by atoms with Crippen molar-refractivity contribution in [3.63, 3.8) is 0 Å². The second-order valence-corrected chi connectivity index (χ2v) is 8.94. The fourth-order valence-electron chi connectivity index (χ4n) is 4.41. The number of nitrogens with zero attached hydrogens (tertiary/aromatic N) is 6. The molecule has 1 aromatic carbocycles. The van der Waals surface area contributed by atoms with E-state index in [1.54, 1.807) is 24.7 Å². The van der Waals surface area contributed by atoms with Gasteiger partial charge in [-0.05, 0) is 62.4 Å². The number of piperazine rings is 1. The highest BCUT2D eigenvalue weighted by atomic mass is 16.5. The third-order valence-corrected chi connectivity index (χ3v) is 6.47. The number of aryl methyl sites for hydroxylation is 1. The summed E-state index contributed by atoms with van der Waals surface area (Å²) < 4.78 is 12.5. The van der Waals surface area contributed by atoms with Gasteiger partial charge < -0.3 is 19.3 Å². The number of pyridine rings is 2. The van der Waals surface area contributed by atoms with Gasteiger partial charge >= 0.3 is 0 Å². The van der Waals surface area contributed by atoms with Crippen molar-refractivity contribution in [3.8, 4) is 28.8 Å². The summed E-state index contributed by atoms with van der Waals surface area (Å²) >= 11 is 0. The van der Waals surface area contributed by atoms with E-state index in [2.05, 4.69) is 36.7 Å². The summed E-state index contributed by atoms with van der Waals surface area (Å²) in [6.07, 6.45) is 6.15. The molecule has 1 aliphatic heterocycles. The third-order valence-electron chi connectivity index (χ3n) is 6.47. The van der Waals surface area contributed by atoms with Crippen LogP contribution in [0.25, 0.3) is 22.4 Å². The maximum atomic E-state index is 6.36. The first-order valence-corrected chi connectivity index (χ1v) is 12.6. The van der Waals surface area contributed by atoms with Crippen LogP contribution in [0.3, 0.4) is 0 Å².